The Morgan fingerprint density at radius 1 is 1.04 bits per heavy atom. The average molecular weight is 399 g/mol. The molecule has 1 heterocycles. The second-order valence-electron chi connectivity index (χ2n) is 6.31. The molecular formula is C21H19ClN2O4. The number of carbonyl (C=O) groups excluding carboxylic acids is 3. The Bertz CT molecular complexity index is 949. The van der Waals surface area contributed by atoms with Gasteiger partial charge in [-0.1, -0.05) is 36.2 Å². The fourth-order valence-corrected chi connectivity index (χ4v) is 2.86. The van der Waals surface area contributed by atoms with Gasteiger partial charge in [-0.25, -0.2) is 9.69 Å². The molecule has 1 aliphatic heterocycles. The van der Waals surface area contributed by atoms with E-state index in [4.69, 9.17) is 16.3 Å². The maximum atomic E-state index is 12.8. The Balaban J connectivity index is 1.79. The highest BCUT2D eigenvalue weighted by Gasteiger charge is 2.39. The summed E-state index contributed by atoms with van der Waals surface area (Å²) in [7, 11) is 0. The Kier molecular flexibility index (Phi) is 5.80. The van der Waals surface area contributed by atoms with Crippen molar-refractivity contribution in [1.29, 1.82) is 0 Å². The standard InChI is InChI=1S/C21H19ClN2O4/c1-3-12-28-21(27)14-6-10-16(11-7-14)24-19(25)17(22)18(20(24)26)23-15-8-4-13(2)5-9-15/h4-11,23H,3,12H2,1-2H3. The van der Waals surface area contributed by atoms with Crippen LogP contribution in [-0.2, 0) is 14.3 Å². The molecule has 2 aromatic carbocycles. The van der Waals surface area contributed by atoms with E-state index in [1.165, 1.54) is 24.3 Å². The molecule has 0 aliphatic carbocycles. The van der Waals surface area contributed by atoms with E-state index < -0.39 is 17.8 Å². The average Bonchev–Trinajstić information content (AvgIpc) is 2.91. The van der Waals surface area contributed by atoms with Crippen molar-refractivity contribution in [2.24, 2.45) is 0 Å². The second-order valence-corrected chi connectivity index (χ2v) is 6.69. The first kappa shape index (κ1) is 19.6. The molecule has 3 rings (SSSR count). The van der Waals surface area contributed by atoms with Crippen molar-refractivity contribution in [1.82, 2.24) is 0 Å². The van der Waals surface area contributed by atoms with Crippen LogP contribution < -0.4 is 10.2 Å². The van der Waals surface area contributed by atoms with Crippen molar-refractivity contribution >= 4 is 40.8 Å². The molecule has 0 radical (unpaired) electrons. The molecule has 1 N–H and O–H groups in total. The molecule has 144 valence electrons. The monoisotopic (exact) mass is 398 g/mol. The third-order valence-electron chi connectivity index (χ3n) is 4.15. The van der Waals surface area contributed by atoms with Crippen molar-refractivity contribution < 1.29 is 19.1 Å². The predicted molar refractivity (Wildman–Crippen MR) is 107 cm³/mol. The molecule has 0 unspecified atom stereocenters. The molecule has 0 fully saturated rings. The van der Waals surface area contributed by atoms with Crippen molar-refractivity contribution in [2.45, 2.75) is 20.3 Å². The largest absolute Gasteiger partial charge is 0.462 e. The Hall–Kier alpha value is -3.12. The van der Waals surface area contributed by atoms with Gasteiger partial charge >= 0.3 is 5.97 Å². The van der Waals surface area contributed by atoms with Gasteiger partial charge in [0, 0.05) is 5.69 Å². The van der Waals surface area contributed by atoms with Crippen LogP contribution >= 0.6 is 11.6 Å². The first-order chi connectivity index (χ1) is 13.4. The lowest BCUT2D eigenvalue weighted by Gasteiger charge is -2.15. The SMILES string of the molecule is CCCOC(=O)c1ccc(N2C(=O)C(Cl)=C(Nc3ccc(C)cc3)C2=O)cc1. The van der Waals surface area contributed by atoms with Crippen LogP contribution in [0.5, 0.6) is 0 Å². The lowest BCUT2D eigenvalue weighted by Crippen LogP contribution is -2.32. The quantitative estimate of drug-likeness (QED) is 0.588. The summed E-state index contributed by atoms with van der Waals surface area (Å²) in [5.41, 5.74) is 2.39. The van der Waals surface area contributed by atoms with E-state index in [1.54, 1.807) is 12.1 Å². The van der Waals surface area contributed by atoms with Crippen molar-refractivity contribution in [3.05, 3.63) is 70.4 Å². The van der Waals surface area contributed by atoms with Gasteiger partial charge in [0.15, 0.2) is 0 Å². The van der Waals surface area contributed by atoms with Crippen LogP contribution in [-0.4, -0.2) is 24.4 Å². The molecule has 2 aromatic rings. The Labute approximate surface area is 167 Å². The summed E-state index contributed by atoms with van der Waals surface area (Å²) >= 11 is 6.12. The number of amides is 2. The molecule has 0 saturated carbocycles. The number of imide groups is 1. The van der Waals surface area contributed by atoms with Gasteiger partial charge in [-0.05, 0) is 49.7 Å². The van der Waals surface area contributed by atoms with Crippen molar-refractivity contribution in [2.75, 3.05) is 16.8 Å². The molecule has 0 aromatic heterocycles. The zero-order chi connectivity index (χ0) is 20.3. The minimum atomic E-state index is -0.623. The molecule has 0 spiro atoms. The maximum absolute atomic E-state index is 12.8. The van der Waals surface area contributed by atoms with E-state index in [-0.39, 0.29) is 10.7 Å². The van der Waals surface area contributed by atoms with E-state index in [0.29, 0.717) is 23.5 Å². The summed E-state index contributed by atoms with van der Waals surface area (Å²) in [5.74, 6) is -1.63. The molecular weight excluding hydrogens is 380 g/mol. The number of nitrogens with one attached hydrogen (secondary N) is 1. The summed E-state index contributed by atoms with van der Waals surface area (Å²) in [6.07, 6.45) is 0.724. The number of hydrogen-bond donors (Lipinski definition) is 1. The van der Waals surface area contributed by atoms with Crippen molar-refractivity contribution in [3.8, 4) is 0 Å². The molecule has 0 saturated heterocycles. The van der Waals surface area contributed by atoms with Gasteiger partial charge in [0.05, 0.1) is 17.9 Å². The van der Waals surface area contributed by atoms with Crippen LogP contribution in [0.4, 0.5) is 11.4 Å². The lowest BCUT2D eigenvalue weighted by atomic mass is 10.2. The number of carbonyl (C=O) groups is 3. The second kappa shape index (κ2) is 8.27. The highest BCUT2D eigenvalue weighted by molar-refractivity contribution is 6.53. The van der Waals surface area contributed by atoms with Crippen LogP contribution in [0.1, 0.15) is 29.3 Å². The van der Waals surface area contributed by atoms with Crippen LogP contribution in [0.3, 0.4) is 0 Å². The topological polar surface area (TPSA) is 75.7 Å². The molecule has 6 nitrogen and oxygen atoms in total. The summed E-state index contributed by atoms with van der Waals surface area (Å²) in [4.78, 5) is 38.1. The third-order valence-corrected chi connectivity index (χ3v) is 4.50. The zero-order valence-electron chi connectivity index (χ0n) is 15.5. The first-order valence-electron chi connectivity index (χ1n) is 8.81. The zero-order valence-corrected chi connectivity index (χ0v) is 16.2. The number of ether oxygens (including phenoxy) is 1. The van der Waals surface area contributed by atoms with Gasteiger partial charge < -0.3 is 10.1 Å². The Morgan fingerprint density at radius 2 is 1.68 bits per heavy atom. The minimum Gasteiger partial charge on any atom is -0.462 e. The smallest absolute Gasteiger partial charge is 0.338 e. The first-order valence-corrected chi connectivity index (χ1v) is 9.19. The minimum absolute atomic E-state index is 0.0157. The molecule has 7 heteroatoms. The van der Waals surface area contributed by atoms with E-state index in [9.17, 15) is 14.4 Å². The highest BCUT2D eigenvalue weighted by atomic mass is 35.5. The number of anilines is 2. The van der Waals surface area contributed by atoms with E-state index >= 15 is 0 Å². The van der Waals surface area contributed by atoms with Crippen LogP contribution in [0.2, 0.25) is 0 Å². The number of halogens is 1. The lowest BCUT2D eigenvalue weighted by molar-refractivity contribution is -0.120. The molecule has 2 amide bonds. The number of rotatable bonds is 6. The van der Waals surface area contributed by atoms with Gasteiger partial charge in [0.1, 0.15) is 10.7 Å². The third kappa shape index (κ3) is 3.92. The van der Waals surface area contributed by atoms with Gasteiger partial charge in [-0.3, -0.25) is 9.59 Å². The highest BCUT2D eigenvalue weighted by Crippen LogP contribution is 2.30. The van der Waals surface area contributed by atoms with E-state index in [0.717, 1.165) is 16.9 Å². The van der Waals surface area contributed by atoms with Gasteiger partial charge in [0.25, 0.3) is 11.8 Å². The summed E-state index contributed by atoms with van der Waals surface area (Å²) in [6, 6.07) is 13.4. The maximum Gasteiger partial charge on any atom is 0.338 e. The van der Waals surface area contributed by atoms with E-state index in [2.05, 4.69) is 5.32 Å². The van der Waals surface area contributed by atoms with E-state index in [1.807, 2.05) is 26.0 Å². The fourth-order valence-electron chi connectivity index (χ4n) is 2.65. The fraction of sp³-hybridized carbons (Fsp3) is 0.190. The van der Waals surface area contributed by atoms with Gasteiger partial charge in [-0.15, -0.1) is 0 Å². The molecule has 28 heavy (non-hydrogen) atoms. The Morgan fingerprint density at radius 3 is 2.29 bits per heavy atom. The number of hydrogen-bond acceptors (Lipinski definition) is 5. The van der Waals surface area contributed by atoms with Gasteiger partial charge in [-0.2, -0.15) is 0 Å². The number of nitrogens with zero attached hydrogens (tertiary/aromatic N) is 1. The molecule has 1 aliphatic rings. The van der Waals surface area contributed by atoms with Crippen LogP contribution in [0.15, 0.2) is 59.3 Å². The van der Waals surface area contributed by atoms with Gasteiger partial charge in [0.2, 0.25) is 0 Å². The number of benzene rings is 2. The predicted octanol–water partition coefficient (Wildman–Crippen LogP) is 4.00. The number of aryl methyl sites for hydroxylation is 1. The normalized spacial score (nSPS) is 13.9. The summed E-state index contributed by atoms with van der Waals surface area (Å²) < 4.78 is 5.07. The summed E-state index contributed by atoms with van der Waals surface area (Å²) in [6.45, 7) is 4.18. The molecule has 0 atom stereocenters. The summed E-state index contributed by atoms with van der Waals surface area (Å²) in [5, 5.41) is 2.73. The van der Waals surface area contributed by atoms with Crippen LogP contribution in [0, 0.1) is 6.92 Å². The number of esters is 1. The molecule has 0 bridgehead atoms. The van der Waals surface area contributed by atoms with Crippen LogP contribution in [0.25, 0.3) is 0 Å². The van der Waals surface area contributed by atoms with Crippen molar-refractivity contribution in [3.63, 3.8) is 0 Å².